The molecule has 5 nitrogen and oxygen atoms in total. The van der Waals surface area contributed by atoms with Crippen molar-refractivity contribution < 1.29 is 9.59 Å². The van der Waals surface area contributed by atoms with Crippen LogP contribution in [0.1, 0.15) is 40.1 Å². The van der Waals surface area contributed by atoms with E-state index in [9.17, 15) is 9.59 Å². The van der Waals surface area contributed by atoms with E-state index in [0.717, 1.165) is 18.8 Å². The molecule has 28 heavy (non-hydrogen) atoms. The average Bonchev–Trinajstić information content (AvgIpc) is 2.73. The van der Waals surface area contributed by atoms with Crippen LogP contribution >= 0.6 is 0 Å². The second-order valence-electron chi connectivity index (χ2n) is 6.52. The SMILES string of the molecule is CCN(Cc1ccccc1)c1cncc(C(=O)Nc2cccc(C(C)=O)c2)c1. The second kappa shape index (κ2) is 8.95. The Hall–Kier alpha value is -3.47. The van der Waals surface area contributed by atoms with E-state index < -0.39 is 0 Å². The predicted octanol–water partition coefficient (Wildman–Crippen LogP) is 4.56. The van der Waals surface area contributed by atoms with Crippen LogP contribution in [0.3, 0.4) is 0 Å². The van der Waals surface area contributed by atoms with Crippen LogP contribution in [-0.2, 0) is 6.54 Å². The molecule has 0 unspecified atom stereocenters. The lowest BCUT2D eigenvalue weighted by atomic mass is 10.1. The van der Waals surface area contributed by atoms with Gasteiger partial charge < -0.3 is 10.2 Å². The molecule has 3 rings (SSSR count). The molecular formula is C23H23N3O2. The van der Waals surface area contributed by atoms with Gasteiger partial charge in [0.2, 0.25) is 0 Å². The lowest BCUT2D eigenvalue weighted by Gasteiger charge is -2.23. The second-order valence-corrected chi connectivity index (χ2v) is 6.52. The first kappa shape index (κ1) is 19.3. The van der Waals surface area contributed by atoms with E-state index in [1.165, 1.54) is 12.5 Å². The van der Waals surface area contributed by atoms with Crippen LogP contribution in [0.15, 0.2) is 73.1 Å². The molecule has 1 heterocycles. The van der Waals surface area contributed by atoms with Gasteiger partial charge in [0, 0.05) is 30.5 Å². The average molecular weight is 373 g/mol. The third-order valence-electron chi connectivity index (χ3n) is 4.48. The Labute approximate surface area is 165 Å². The predicted molar refractivity (Wildman–Crippen MR) is 112 cm³/mol. The number of nitrogens with zero attached hydrogens (tertiary/aromatic N) is 2. The van der Waals surface area contributed by atoms with E-state index in [1.54, 1.807) is 36.7 Å². The highest BCUT2D eigenvalue weighted by Crippen LogP contribution is 2.19. The molecule has 1 amide bonds. The molecule has 0 aliphatic heterocycles. The Bertz CT molecular complexity index is 970. The van der Waals surface area contributed by atoms with Gasteiger partial charge in [0.15, 0.2) is 5.78 Å². The van der Waals surface area contributed by atoms with Crippen LogP contribution in [0.25, 0.3) is 0 Å². The van der Waals surface area contributed by atoms with Crippen molar-refractivity contribution in [2.24, 2.45) is 0 Å². The molecule has 0 bridgehead atoms. The fourth-order valence-electron chi connectivity index (χ4n) is 2.93. The molecule has 0 atom stereocenters. The Kier molecular flexibility index (Phi) is 6.17. The monoisotopic (exact) mass is 373 g/mol. The molecule has 1 aromatic heterocycles. The van der Waals surface area contributed by atoms with E-state index in [2.05, 4.69) is 34.3 Å². The molecule has 0 spiro atoms. The van der Waals surface area contributed by atoms with Crippen LogP contribution in [-0.4, -0.2) is 23.2 Å². The Balaban J connectivity index is 1.77. The molecule has 0 aliphatic rings. The molecule has 1 N–H and O–H groups in total. The summed E-state index contributed by atoms with van der Waals surface area (Å²) in [5.74, 6) is -0.301. The number of ketones is 1. The van der Waals surface area contributed by atoms with Gasteiger partial charge in [-0.1, -0.05) is 42.5 Å². The summed E-state index contributed by atoms with van der Waals surface area (Å²) in [7, 11) is 0. The highest BCUT2D eigenvalue weighted by Gasteiger charge is 2.12. The van der Waals surface area contributed by atoms with Crippen LogP contribution < -0.4 is 10.2 Å². The summed E-state index contributed by atoms with van der Waals surface area (Å²) < 4.78 is 0. The zero-order chi connectivity index (χ0) is 19.9. The summed E-state index contributed by atoms with van der Waals surface area (Å²) in [6, 6.07) is 18.9. The number of Topliss-reactive ketones (excluding diaryl/α,β-unsaturated/α-hetero) is 1. The van der Waals surface area contributed by atoms with E-state index in [4.69, 9.17) is 0 Å². The van der Waals surface area contributed by atoms with Crippen molar-refractivity contribution in [3.05, 3.63) is 89.7 Å². The van der Waals surface area contributed by atoms with E-state index in [-0.39, 0.29) is 11.7 Å². The molecule has 3 aromatic rings. The summed E-state index contributed by atoms with van der Waals surface area (Å²) in [6.45, 7) is 5.11. The van der Waals surface area contributed by atoms with Gasteiger partial charge in [0.05, 0.1) is 17.4 Å². The first-order valence-corrected chi connectivity index (χ1v) is 9.23. The highest BCUT2D eigenvalue weighted by molar-refractivity contribution is 6.05. The third kappa shape index (κ3) is 4.82. The Morgan fingerprint density at radius 2 is 1.75 bits per heavy atom. The lowest BCUT2D eigenvalue weighted by Crippen LogP contribution is -2.23. The lowest BCUT2D eigenvalue weighted by molar-refractivity contribution is 0.101. The van der Waals surface area contributed by atoms with Crippen molar-refractivity contribution in [3.8, 4) is 0 Å². The quantitative estimate of drug-likeness (QED) is 0.617. The van der Waals surface area contributed by atoms with Gasteiger partial charge in [-0.2, -0.15) is 0 Å². The minimum atomic E-state index is -0.259. The topological polar surface area (TPSA) is 62.3 Å². The molecule has 0 saturated heterocycles. The first-order valence-electron chi connectivity index (χ1n) is 9.23. The summed E-state index contributed by atoms with van der Waals surface area (Å²) in [5.41, 5.74) is 3.69. The summed E-state index contributed by atoms with van der Waals surface area (Å²) in [5, 5.41) is 2.84. The number of hydrogen-bond acceptors (Lipinski definition) is 4. The van der Waals surface area contributed by atoms with E-state index in [1.807, 2.05) is 24.3 Å². The third-order valence-corrected chi connectivity index (χ3v) is 4.48. The van der Waals surface area contributed by atoms with Crippen LogP contribution in [0, 0.1) is 0 Å². The number of amides is 1. The van der Waals surface area contributed by atoms with Crippen LogP contribution in [0.4, 0.5) is 11.4 Å². The van der Waals surface area contributed by atoms with Gasteiger partial charge in [-0.3, -0.25) is 14.6 Å². The van der Waals surface area contributed by atoms with Gasteiger partial charge >= 0.3 is 0 Å². The number of pyridine rings is 1. The van der Waals surface area contributed by atoms with Crippen molar-refractivity contribution >= 4 is 23.1 Å². The standard InChI is InChI=1S/C23H23N3O2/c1-3-26(16-18-8-5-4-6-9-18)22-13-20(14-24-15-22)23(28)25-21-11-7-10-19(12-21)17(2)27/h4-15H,3,16H2,1-2H3,(H,25,28). The minimum Gasteiger partial charge on any atom is -0.366 e. The fraction of sp³-hybridized carbons (Fsp3) is 0.174. The van der Waals surface area contributed by atoms with Gasteiger partial charge in [0.25, 0.3) is 5.91 Å². The van der Waals surface area contributed by atoms with E-state index >= 15 is 0 Å². The van der Waals surface area contributed by atoms with Gasteiger partial charge in [0.1, 0.15) is 0 Å². The molecule has 5 heteroatoms. The molecule has 2 aromatic carbocycles. The van der Waals surface area contributed by atoms with Crippen molar-refractivity contribution in [1.29, 1.82) is 0 Å². The maximum absolute atomic E-state index is 12.7. The molecule has 0 aliphatic carbocycles. The molecule has 0 radical (unpaired) electrons. The molecule has 142 valence electrons. The van der Waals surface area contributed by atoms with Crippen molar-refractivity contribution in [2.45, 2.75) is 20.4 Å². The number of anilines is 2. The number of carbonyl (C=O) groups is 2. The number of rotatable bonds is 7. The molecular weight excluding hydrogens is 350 g/mol. The molecule has 0 fully saturated rings. The summed E-state index contributed by atoms with van der Waals surface area (Å²) in [4.78, 5) is 30.6. The normalized spacial score (nSPS) is 10.4. The summed E-state index contributed by atoms with van der Waals surface area (Å²) in [6.07, 6.45) is 3.31. The van der Waals surface area contributed by atoms with Gasteiger partial charge in [-0.05, 0) is 37.6 Å². The number of carbonyl (C=O) groups excluding carboxylic acids is 2. The number of nitrogens with one attached hydrogen (secondary N) is 1. The number of hydrogen-bond donors (Lipinski definition) is 1. The van der Waals surface area contributed by atoms with Crippen molar-refractivity contribution in [2.75, 3.05) is 16.8 Å². The van der Waals surface area contributed by atoms with Crippen LogP contribution in [0.2, 0.25) is 0 Å². The number of aromatic nitrogens is 1. The van der Waals surface area contributed by atoms with Crippen LogP contribution in [0.5, 0.6) is 0 Å². The zero-order valence-corrected chi connectivity index (χ0v) is 16.1. The smallest absolute Gasteiger partial charge is 0.257 e. The fourth-order valence-corrected chi connectivity index (χ4v) is 2.93. The van der Waals surface area contributed by atoms with E-state index in [0.29, 0.717) is 16.8 Å². The first-order chi connectivity index (χ1) is 13.6. The Morgan fingerprint density at radius 1 is 0.964 bits per heavy atom. The number of benzene rings is 2. The zero-order valence-electron chi connectivity index (χ0n) is 16.1. The largest absolute Gasteiger partial charge is 0.366 e. The molecule has 0 saturated carbocycles. The highest BCUT2D eigenvalue weighted by atomic mass is 16.1. The van der Waals surface area contributed by atoms with Gasteiger partial charge in [-0.25, -0.2) is 0 Å². The maximum atomic E-state index is 12.7. The summed E-state index contributed by atoms with van der Waals surface area (Å²) >= 11 is 0. The van der Waals surface area contributed by atoms with Gasteiger partial charge in [-0.15, -0.1) is 0 Å². The van der Waals surface area contributed by atoms with Crippen molar-refractivity contribution in [3.63, 3.8) is 0 Å². The Morgan fingerprint density at radius 3 is 2.46 bits per heavy atom. The minimum absolute atomic E-state index is 0.0423. The van der Waals surface area contributed by atoms with Crippen molar-refractivity contribution in [1.82, 2.24) is 4.98 Å². The maximum Gasteiger partial charge on any atom is 0.257 e.